The zero-order valence-corrected chi connectivity index (χ0v) is 13.7. The minimum Gasteiger partial charge on any atom is -0.481 e. The highest BCUT2D eigenvalue weighted by Crippen LogP contribution is 2.18. The molecule has 0 aliphatic carbocycles. The van der Waals surface area contributed by atoms with Crippen LogP contribution < -0.4 is 20.5 Å². The van der Waals surface area contributed by atoms with E-state index in [2.05, 4.69) is 20.2 Å². The van der Waals surface area contributed by atoms with Gasteiger partial charge in [0.25, 0.3) is 0 Å². The lowest BCUT2D eigenvalue weighted by Gasteiger charge is -2.30. The van der Waals surface area contributed by atoms with Gasteiger partial charge in [0, 0.05) is 18.5 Å². The van der Waals surface area contributed by atoms with Crippen LogP contribution in [-0.2, 0) is 4.79 Å². The summed E-state index contributed by atoms with van der Waals surface area (Å²) in [5, 5.41) is 3.25. The van der Waals surface area contributed by atoms with E-state index < -0.39 is 0 Å². The summed E-state index contributed by atoms with van der Waals surface area (Å²) in [6.07, 6.45) is 2.71. The van der Waals surface area contributed by atoms with Gasteiger partial charge in [0.15, 0.2) is 0 Å². The van der Waals surface area contributed by atoms with Crippen molar-refractivity contribution in [3.63, 3.8) is 0 Å². The van der Waals surface area contributed by atoms with Crippen LogP contribution in [0.3, 0.4) is 0 Å². The molecular weight excluding hydrogens is 298 g/mol. The minimum absolute atomic E-state index is 0.0466. The summed E-state index contributed by atoms with van der Waals surface area (Å²) in [6, 6.07) is 2.02. The predicted octanol–water partition coefficient (Wildman–Crippen LogP) is 0.493. The third-order valence-corrected chi connectivity index (χ3v) is 4.02. The molecule has 0 bridgehead atoms. The maximum Gasteiger partial charge on any atom is 0.321 e. The number of hydrogen-bond acceptors (Lipinski definition) is 7. The standard InChI is InChI=1S/C15H25N5O3/c1-22-13-10-12(18-15(19-13)23-2)17-6-3-7-20-8-4-11(5-9-20)14(16)21/h10-11H,3-9H2,1-2H3,(H2,16,21)(H,17,18,19). The van der Waals surface area contributed by atoms with Gasteiger partial charge in [-0.3, -0.25) is 4.79 Å². The van der Waals surface area contributed by atoms with Gasteiger partial charge in [0.2, 0.25) is 11.8 Å². The van der Waals surface area contributed by atoms with Crippen LogP contribution in [0.5, 0.6) is 11.9 Å². The molecule has 8 nitrogen and oxygen atoms in total. The van der Waals surface area contributed by atoms with Crippen LogP contribution in [0.1, 0.15) is 19.3 Å². The number of methoxy groups -OCH3 is 2. The van der Waals surface area contributed by atoms with E-state index >= 15 is 0 Å². The smallest absolute Gasteiger partial charge is 0.321 e. The van der Waals surface area contributed by atoms with Crippen LogP contribution in [0.2, 0.25) is 0 Å². The Kier molecular flexibility index (Phi) is 6.40. The van der Waals surface area contributed by atoms with E-state index in [-0.39, 0.29) is 17.8 Å². The molecule has 1 aromatic heterocycles. The summed E-state index contributed by atoms with van der Waals surface area (Å²) >= 11 is 0. The highest BCUT2D eigenvalue weighted by molar-refractivity contribution is 5.76. The summed E-state index contributed by atoms with van der Waals surface area (Å²) in [7, 11) is 3.08. The van der Waals surface area contributed by atoms with Crippen molar-refractivity contribution in [3.05, 3.63) is 6.07 Å². The van der Waals surface area contributed by atoms with E-state index in [1.807, 2.05) is 0 Å². The SMILES string of the molecule is COc1cc(NCCCN2CCC(C(N)=O)CC2)nc(OC)n1. The Morgan fingerprint density at radius 1 is 1.35 bits per heavy atom. The third kappa shape index (κ3) is 5.24. The quantitative estimate of drug-likeness (QED) is 0.671. The number of nitrogens with two attached hydrogens (primary N) is 1. The number of ether oxygens (including phenoxy) is 2. The van der Waals surface area contributed by atoms with Gasteiger partial charge in [0.1, 0.15) is 5.82 Å². The van der Waals surface area contributed by atoms with Crippen LogP contribution >= 0.6 is 0 Å². The van der Waals surface area contributed by atoms with E-state index in [1.54, 1.807) is 13.2 Å². The summed E-state index contributed by atoms with van der Waals surface area (Å²) in [4.78, 5) is 21.8. The van der Waals surface area contributed by atoms with Gasteiger partial charge in [-0.05, 0) is 38.9 Å². The maximum absolute atomic E-state index is 11.1. The molecule has 8 heteroatoms. The Bertz CT molecular complexity index is 496. The largest absolute Gasteiger partial charge is 0.481 e. The summed E-state index contributed by atoms with van der Waals surface area (Å²) in [5.74, 6) is 1.03. The maximum atomic E-state index is 11.1. The van der Waals surface area contributed by atoms with E-state index in [1.165, 1.54) is 7.11 Å². The second-order valence-electron chi connectivity index (χ2n) is 5.58. The summed E-state index contributed by atoms with van der Waals surface area (Å²) in [6.45, 7) is 3.64. The van der Waals surface area contributed by atoms with Gasteiger partial charge in [-0.1, -0.05) is 0 Å². The number of hydrogen-bond donors (Lipinski definition) is 2. The topological polar surface area (TPSA) is 103 Å². The van der Waals surface area contributed by atoms with Gasteiger partial charge < -0.3 is 25.4 Å². The number of anilines is 1. The molecule has 23 heavy (non-hydrogen) atoms. The van der Waals surface area contributed by atoms with E-state index in [0.717, 1.165) is 45.4 Å². The summed E-state index contributed by atoms with van der Waals surface area (Å²) < 4.78 is 10.2. The number of carbonyl (C=O) groups is 1. The van der Waals surface area contributed by atoms with E-state index in [4.69, 9.17) is 15.2 Å². The third-order valence-electron chi connectivity index (χ3n) is 4.02. The number of nitrogens with zero attached hydrogens (tertiary/aromatic N) is 3. The highest BCUT2D eigenvalue weighted by Gasteiger charge is 2.22. The molecule has 0 radical (unpaired) electrons. The first-order valence-corrected chi connectivity index (χ1v) is 7.85. The molecule has 1 aromatic rings. The zero-order valence-electron chi connectivity index (χ0n) is 13.7. The van der Waals surface area contributed by atoms with Crippen molar-refractivity contribution in [3.8, 4) is 11.9 Å². The van der Waals surface area contributed by atoms with Crippen LogP contribution in [-0.4, -0.2) is 61.2 Å². The van der Waals surface area contributed by atoms with Gasteiger partial charge in [-0.15, -0.1) is 0 Å². The molecule has 1 saturated heterocycles. The molecule has 128 valence electrons. The zero-order chi connectivity index (χ0) is 16.7. The number of amides is 1. The van der Waals surface area contributed by atoms with E-state index in [9.17, 15) is 4.79 Å². The van der Waals surface area contributed by atoms with Gasteiger partial charge in [-0.25, -0.2) is 0 Å². The Morgan fingerprint density at radius 2 is 2.09 bits per heavy atom. The second-order valence-corrected chi connectivity index (χ2v) is 5.58. The molecule has 2 heterocycles. The molecular formula is C15H25N5O3. The lowest BCUT2D eigenvalue weighted by Crippen LogP contribution is -2.39. The molecule has 0 aromatic carbocycles. The average Bonchev–Trinajstić information content (AvgIpc) is 2.58. The molecule has 1 amide bonds. The molecule has 1 fully saturated rings. The fourth-order valence-electron chi connectivity index (χ4n) is 2.65. The molecule has 0 atom stereocenters. The molecule has 3 N–H and O–H groups in total. The highest BCUT2D eigenvalue weighted by atomic mass is 16.5. The van der Waals surface area contributed by atoms with Crippen molar-refractivity contribution in [1.82, 2.24) is 14.9 Å². The lowest BCUT2D eigenvalue weighted by atomic mass is 9.96. The molecule has 1 aliphatic heterocycles. The fourth-order valence-corrected chi connectivity index (χ4v) is 2.65. The Hall–Kier alpha value is -2.09. The first kappa shape index (κ1) is 17.3. The second kappa shape index (κ2) is 8.52. The van der Waals surface area contributed by atoms with Gasteiger partial charge >= 0.3 is 6.01 Å². The van der Waals surface area contributed by atoms with Crippen LogP contribution in [0.15, 0.2) is 6.07 Å². The number of piperidine rings is 1. The van der Waals surface area contributed by atoms with Crippen molar-refractivity contribution in [2.75, 3.05) is 45.7 Å². The molecule has 0 spiro atoms. The van der Waals surface area contributed by atoms with Crippen molar-refractivity contribution < 1.29 is 14.3 Å². The molecule has 1 aliphatic rings. The van der Waals surface area contributed by atoms with Crippen LogP contribution in [0.4, 0.5) is 5.82 Å². The van der Waals surface area contributed by atoms with Crippen molar-refractivity contribution >= 4 is 11.7 Å². The van der Waals surface area contributed by atoms with E-state index in [0.29, 0.717) is 11.7 Å². The molecule has 0 unspecified atom stereocenters. The number of rotatable bonds is 8. The normalized spacial score (nSPS) is 16.1. The fraction of sp³-hybridized carbons (Fsp3) is 0.667. The Labute approximate surface area is 136 Å². The monoisotopic (exact) mass is 323 g/mol. The van der Waals surface area contributed by atoms with Gasteiger partial charge in [-0.2, -0.15) is 9.97 Å². The average molecular weight is 323 g/mol. The van der Waals surface area contributed by atoms with Crippen molar-refractivity contribution in [2.45, 2.75) is 19.3 Å². The van der Waals surface area contributed by atoms with Crippen molar-refractivity contribution in [2.24, 2.45) is 11.7 Å². The van der Waals surface area contributed by atoms with Crippen LogP contribution in [0, 0.1) is 5.92 Å². The Balaban J connectivity index is 1.71. The number of likely N-dealkylation sites (tertiary alicyclic amines) is 1. The molecule has 2 rings (SSSR count). The first-order valence-electron chi connectivity index (χ1n) is 7.85. The summed E-state index contributed by atoms with van der Waals surface area (Å²) in [5.41, 5.74) is 5.35. The number of nitrogens with one attached hydrogen (secondary N) is 1. The number of primary amides is 1. The number of aromatic nitrogens is 2. The van der Waals surface area contributed by atoms with Crippen molar-refractivity contribution in [1.29, 1.82) is 0 Å². The Morgan fingerprint density at radius 3 is 2.70 bits per heavy atom. The molecule has 0 saturated carbocycles. The van der Waals surface area contributed by atoms with Crippen LogP contribution in [0.25, 0.3) is 0 Å². The van der Waals surface area contributed by atoms with Gasteiger partial charge in [0.05, 0.1) is 14.2 Å². The predicted molar refractivity (Wildman–Crippen MR) is 86.6 cm³/mol. The lowest BCUT2D eigenvalue weighted by molar-refractivity contribution is -0.123. The minimum atomic E-state index is -0.169. The number of carbonyl (C=O) groups excluding carboxylic acids is 1. The first-order chi connectivity index (χ1) is 11.1.